The number of para-hydroxylation sites is 1. The molecule has 2 aliphatic heterocycles. The molecule has 0 radical (unpaired) electrons. The fraction of sp³-hybridized carbons (Fsp3) is 0.0667. The van der Waals surface area contributed by atoms with Crippen molar-refractivity contribution in [1.29, 1.82) is 0 Å². The molecule has 0 fully saturated rings. The summed E-state index contributed by atoms with van der Waals surface area (Å²) >= 11 is 0. The van der Waals surface area contributed by atoms with Gasteiger partial charge in [-0.05, 0) is 11.6 Å². The second-order valence-electron chi connectivity index (χ2n) is 5.04. The summed E-state index contributed by atoms with van der Waals surface area (Å²) in [7, 11) is -4.44. The largest absolute Gasteiger partial charge is 0.366 e. The zero-order chi connectivity index (χ0) is 16.6. The number of hydrogen-bond donors (Lipinski definition) is 2. The summed E-state index contributed by atoms with van der Waals surface area (Å²) in [5.74, 6) is -0.713. The molecule has 3 rings (SSSR count). The number of allylic oxidation sites excluding steroid dienone is 1. The van der Waals surface area contributed by atoms with Crippen LogP contribution in [0.1, 0.15) is 0 Å². The molecule has 1 aromatic carbocycles. The standard InChI is InChI=1S/C15H13N3O4S/c16-14(19)6-5-11-9-18-8-10-3-1-2-4-12(10)17-7-13(18)15(11)23(20,21)22/h1-9,15H,(H2,16,19)(H,20,21,22). The Morgan fingerprint density at radius 3 is 2.74 bits per heavy atom. The van der Waals surface area contributed by atoms with E-state index in [9.17, 15) is 17.8 Å². The fourth-order valence-electron chi connectivity index (χ4n) is 2.49. The van der Waals surface area contributed by atoms with Crippen molar-refractivity contribution in [2.45, 2.75) is 5.25 Å². The monoisotopic (exact) mass is 331 g/mol. The number of primary amides is 1. The summed E-state index contributed by atoms with van der Waals surface area (Å²) in [5, 5.41) is 0.155. The molecule has 1 aromatic rings. The third kappa shape index (κ3) is 2.94. The lowest BCUT2D eigenvalue weighted by Gasteiger charge is -2.15. The Kier molecular flexibility index (Phi) is 3.63. The van der Waals surface area contributed by atoms with E-state index in [1.807, 2.05) is 18.2 Å². The van der Waals surface area contributed by atoms with Crippen molar-refractivity contribution in [3.63, 3.8) is 0 Å². The zero-order valence-electron chi connectivity index (χ0n) is 11.8. The van der Waals surface area contributed by atoms with Crippen molar-refractivity contribution < 1.29 is 17.8 Å². The second kappa shape index (κ2) is 5.49. The lowest BCUT2D eigenvalue weighted by atomic mass is 10.2. The summed E-state index contributed by atoms with van der Waals surface area (Å²) in [4.78, 5) is 16.7. The predicted octanol–water partition coefficient (Wildman–Crippen LogP) is -0.603. The first-order valence-corrected chi connectivity index (χ1v) is 8.15. The zero-order valence-corrected chi connectivity index (χ0v) is 12.6. The minimum atomic E-state index is -4.44. The molecular weight excluding hydrogens is 318 g/mol. The number of fused-ring (bicyclic) bond motifs is 2. The molecule has 0 bridgehead atoms. The van der Waals surface area contributed by atoms with Gasteiger partial charge in [0.05, 0.1) is 11.1 Å². The first kappa shape index (κ1) is 15.2. The molecule has 1 amide bonds. The van der Waals surface area contributed by atoms with Gasteiger partial charge in [0.2, 0.25) is 5.91 Å². The third-order valence-corrected chi connectivity index (χ3v) is 4.56. The Labute approximate surface area is 132 Å². The van der Waals surface area contributed by atoms with Gasteiger partial charge in [-0.2, -0.15) is 8.42 Å². The van der Waals surface area contributed by atoms with Crippen LogP contribution in [0.15, 0.2) is 65.1 Å². The summed E-state index contributed by atoms with van der Waals surface area (Å²) in [6.45, 7) is 0. The first-order valence-electron chi connectivity index (χ1n) is 6.65. The van der Waals surface area contributed by atoms with Gasteiger partial charge >= 0.3 is 0 Å². The Balaban J connectivity index is 2.17. The van der Waals surface area contributed by atoms with E-state index in [4.69, 9.17) is 5.73 Å². The highest BCUT2D eigenvalue weighted by atomic mass is 32.2. The van der Waals surface area contributed by atoms with Gasteiger partial charge in [-0.25, -0.2) is 0 Å². The SMILES string of the molecule is NC(=O)C=CC1=CN2C=c3ccccc3=NC=C2C1S(=O)(=O)O. The molecular formula is C15H13N3O4S. The molecule has 2 heterocycles. The van der Waals surface area contributed by atoms with Crippen molar-refractivity contribution in [2.75, 3.05) is 0 Å². The van der Waals surface area contributed by atoms with E-state index in [1.165, 1.54) is 18.5 Å². The molecule has 1 unspecified atom stereocenters. The van der Waals surface area contributed by atoms with Crippen LogP contribution in [-0.4, -0.2) is 29.0 Å². The highest BCUT2D eigenvalue weighted by Gasteiger charge is 2.38. The Morgan fingerprint density at radius 2 is 2.04 bits per heavy atom. The highest BCUT2D eigenvalue weighted by molar-refractivity contribution is 7.86. The number of hydrogen-bond acceptors (Lipinski definition) is 5. The molecule has 1 atom stereocenters. The van der Waals surface area contributed by atoms with Gasteiger partial charge in [-0.3, -0.25) is 14.3 Å². The van der Waals surface area contributed by atoms with Gasteiger partial charge in [0.1, 0.15) is 0 Å². The van der Waals surface area contributed by atoms with Crippen LogP contribution in [-0.2, 0) is 14.9 Å². The molecule has 0 aliphatic carbocycles. The van der Waals surface area contributed by atoms with Crippen LogP contribution in [0.5, 0.6) is 0 Å². The Bertz CT molecular complexity index is 990. The van der Waals surface area contributed by atoms with Crippen LogP contribution < -0.4 is 16.3 Å². The fourth-order valence-corrected chi connectivity index (χ4v) is 3.46. The lowest BCUT2D eigenvalue weighted by Crippen LogP contribution is -2.26. The van der Waals surface area contributed by atoms with Gasteiger partial charge in [-0.15, -0.1) is 0 Å². The molecule has 8 heteroatoms. The third-order valence-electron chi connectivity index (χ3n) is 3.45. The average molecular weight is 331 g/mol. The molecule has 2 aliphatic rings. The molecule has 0 saturated carbocycles. The quantitative estimate of drug-likeness (QED) is 0.567. The topological polar surface area (TPSA) is 113 Å². The minimum absolute atomic E-state index is 0.225. The molecule has 0 saturated heterocycles. The number of rotatable bonds is 3. The van der Waals surface area contributed by atoms with Crippen molar-refractivity contribution in [2.24, 2.45) is 10.7 Å². The summed E-state index contributed by atoms with van der Waals surface area (Å²) in [5.41, 5.74) is 5.54. The minimum Gasteiger partial charge on any atom is -0.366 e. The van der Waals surface area contributed by atoms with Crippen LogP contribution in [0, 0.1) is 0 Å². The van der Waals surface area contributed by atoms with E-state index in [2.05, 4.69) is 4.99 Å². The summed E-state index contributed by atoms with van der Waals surface area (Å²) in [6, 6.07) is 7.29. The van der Waals surface area contributed by atoms with Gasteiger partial charge in [0.15, 0.2) is 5.25 Å². The van der Waals surface area contributed by atoms with Crippen LogP contribution >= 0.6 is 0 Å². The number of benzene rings is 1. The van der Waals surface area contributed by atoms with E-state index in [0.29, 0.717) is 5.36 Å². The van der Waals surface area contributed by atoms with Gasteiger partial charge in [-0.1, -0.05) is 24.3 Å². The van der Waals surface area contributed by atoms with Crippen molar-refractivity contribution in [1.82, 2.24) is 4.90 Å². The van der Waals surface area contributed by atoms with E-state index >= 15 is 0 Å². The maximum Gasteiger partial charge on any atom is 0.277 e. The van der Waals surface area contributed by atoms with E-state index < -0.39 is 21.3 Å². The highest BCUT2D eigenvalue weighted by Crippen LogP contribution is 2.32. The van der Waals surface area contributed by atoms with Crippen molar-refractivity contribution >= 4 is 22.2 Å². The summed E-state index contributed by atoms with van der Waals surface area (Å²) < 4.78 is 33.1. The average Bonchev–Trinajstić information content (AvgIpc) is 2.72. The van der Waals surface area contributed by atoms with Crippen LogP contribution in [0.2, 0.25) is 0 Å². The molecule has 0 aromatic heterocycles. The molecule has 3 N–H and O–H groups in total. The molecule has 7 nitrogen and oxygen atoms in total. The van der Waals surface area contributed by atoms with E-state index in [-0.39, 0.29) is 11.3 Å². The van der Waals surface area contributed by atoms with E-state index in [1.54, 1.807) is 17.2 Å². The number of nitrogens with zero attached hydrogens (tertiary/aromatic N) is 2. The van der Waals surface area contributed by atoms with Gasteiger partial charge in [0.25, 0.3) is 10.1 Å². The molecule has 23 heavy (non-hydrogen) atoms. The normalized spacial score (nSPS) is 19.9. The lowest BCUT2D eigenvalue weighted by molar-refractivity contribution is -0.113. The molecule has 0 spiro atoms. The number of amides is 1. The maximum atomic E-state index is 11.8. The van der Waals surface area contributed by atoms with Crippen molar-refractivity contribution in [3.8, 4) is 0 Å². The smallest absolute Gasteiger partial charge is 0.277 e. The Morgan fingerprint density at radius 1 is 1.30 bits per heavy atom. The van der Waals surface area contributed by atoms with Gasteiger partial charge < -0.3 is 10.6 Å². The maximum absolute atomic E-state index is 11.8. The van der Waals surface area contributed by atoms with Gasteiger partial charge in [0, 0.05) is 29.9 Å². The Hall–Kier alpha value is -2.71. The van der Waals surface area contributed by atoms with E-state index in [0.717, 1.165) is 11.3 Å². The van der Waals surface area contributed by atoms with Crippen LogP contribution in [0.4, 0.5) is 0 Å². The van der Waals surface area contributed by atoms with Crippen LogP contribution in [0.25, 0.3) is 6.20 Å². The number of carbonyl (C=O) groups excluding carboxylic acids is 1. The predicted molar refractivity (Wildman–Crippen MR) is 83.4 cm³/mol. The number of nitrogens with two attached hydrogens (primary N) is 1. The summed E-state index contributed by atoms with van der Waals surface area (Å²) in [6.07, 6.45) is 6.93. The van der Waals surface area contributed by atoms with Crippen LogP contribution in [0.3, 0.4) is 0 Å². The van der Waals surface area contributed by atoms with Crippen molar-refractivity contribution in [3.05, 3.63) is 70.7 Å². The first-order chi connectivity index (χ1) is 10.9. The second-order valence-corrected chi connectivity index (χ2v) is 6.54. The number of carbonyl (C=O) groups is 1. The molecule has 118 valence electrons.